The van der Waals surface area contributed by atoms with Crippen molar-refractivity contribution in [2.24, 2.45) is 0 Å². The van der Waals surface area contributed by atoms with E-state index in [2.05, 4.69) is 20.7 Å². The number of amides is 1. The SMILES string of the molecule is CNC1CCC(n2cc3cc(C(=O)Nc4cnc5cccnn45)c(OC)cc3n2)CC1.Cl. The zero-order valence-electron chi connectivity index (χ0n) is 18.0. The van der Waals surface area contributed by atoms with Crippen LogP contribution in [0.5, 0.6) is 5.75 Å². The van der Waals surface area contributed by atoms with Crippen molar-refractivity contribution < 1.29 is 9.53 Å². The van der Waals surface area contributed by atoms with E-state index < -0.39 is 0 Å². The zero-order valence-corrected chi connectivity index (χ0v) is 18.8. The van der Waals surface area contributed by atoms with Crippen molar-refractivity contribution in [3.8, 4) is 5.75 Å². The van der Waals surface area contributed by atoms with E-state index in [1.165, 1.54) is 0 Å². The second-order valence-electron chi connectivity index (χ2n) is 7.91. The van der Waals surface area contributed by atoms with Crippen LogP contribution in [0.4, 0.5) is 5.82 Å². The highest BCUT2D eigenvalue weighted by Crippen LogP contribution is 2.31. The Balaban J connectivity index is 0.00000245. The van der Waals surface area contributed by atoms with Gasteiger partial charge in [-0.15, -0.1) is 12.4 Å². The third-order valence-corrected chi connectivity index (χ3v) is 6.09. The molecule has 2 N–H and O–H groups in total. The molecule has 0 aliphatic heterocycles. The molecule has 0 unspecified atom stereocenters. The number of benzene rings is 1. The standard InChI is InChI=1S/C22H25N7O2.ClH/c1-23-15-5-7-16(8-6-15)28-13-14-10-17(19(31-2)11-18(14)27-28)22(30)26-21-12-24-20-4-3-9-25-29(20)21;/h3-4,9-13,15-16,23H,5-8H2,1-2H3,(H,26,30);1H. The predicted molar refractivity (Wildman–Crippen MR) is 125 cm³/mol. The lowest BCUT2D eigenvalue weighted by Crippen LogP contribution is -2.31. The van der Waals surface area contributed by atoms with Gasteiger partial charge in [0.25, 0.3) is 5.91 Å². The summed E-state index contributed by atoms with van der Waals surface area (Å²) < 4.78 is 9.14. The Morgan fingerprint density at radius 1 is 1.22 bits per heavy atom. The maximum atomic E-state index is 13.1. The number of hydrogen-bond donors (Lipinski definition) is 2. The van der Waals surface area contributed by atoms with Gasteiger partial charge in [-0.05, 0) is 50.9 Å². The van der Waals surface area contributed by atoms with Crippen LogP contribution in [0.3, 0.4) is 0 Å². The molecule has 1 amide bonds. The Morgan fingerprint density at radius 3 is 2.78 bits per heavy atom. The van der Waals surface area contributed by atoms with E-state index in [9.17, 15) is 4.79 Å². The number of halogens is 1. The summed E-state index contributed by atoms with van der Waals surface area (Å²) in [5, 5.41) is 16.2. The van der Waals surface area contributed by atoms with Crippen molar-refractivity contribution in [2.75, 3.05) is 19.5 Å². The molecule has 1 aromatic carbocycles. The van der Waals surface area contributed by atoms with Crippen molar-refractivity contribution >= 4 is 40.7 Å². The first-order valence-corrected chi connectivity index (χ1v) is 10.5. The van der Waals surface area contributed by atoms with Gasteiger partial charge in [-0.25, -0.2) is 4.98 Å². The number of fused-ring (bicyclic) bond motifs is 2. The minimum absolute atomic E-state index is 0. The van der Waals surface area contributed by atoms with Gasteiger partial charge in [-0.2, -0.15) is 14.7 Å². The first-order valence-electron chi connectivity index (χ1n) is 10.5. The van der Waals surface area contributed by atoms with E-state index in [1.54, 1.807) is 30.1 Å². The average molecular weight is 456 g/mol. The zero-order chi connectivity index (χ0) is 21.4. The molecule has 0 bridgehead atoms. The first-order chi connectivity index (χ1) is 15.2. The van der Waals surface area contributed by atoms with E-state index in [4.69, 9.17) is 9.84 Å². The maximum Gasteiger partial charge on any atom is 0.260 e. The van der Waals surface area contributed by atoms with Gasteiger partial charge in [0.1, 0.15) is 5.75 Å². The maximum absolute atomic E-state index is 13.1. The van der Waals surface area contributed by atoms with Gasteiger partial charge in [0.2, 0.25) is 0 Å². The number of carbonyl (C=O) groups excluding carboxylic acids is 1. The molecular formula is C22H26ClN7O2. The van der Waals surface area contributed by atoms with Gasteiger partial charge in [0.15, 0.2) is 11.5 Å². The Morgan fingerprint density at radius 2 is 2.03 bits per heavy atom. The van der Waals surface area contributed by atoms with E-state index in [0.29, 0.717) is 34.9 Å². The van der Waals surface area contributed by atoms with Gasteiger partial charge in [0, 0.05) is 29.9 Å². The number of methoxy groups -OCH3 is 1. The molecule has 1 aliphatic rings. The van der Waals surface area contributed by atoms with E-state index in [-0.39, 0.29) is 18.3 Å². The fourth-order valence-corrected chi connectivity index (χ4v) is 4.33. The Hall–Kier alpha value is -3.17. The monoisotopic (exact) mass is 455 g/mol. The van der Waals surface area contributed by atoms with E-state index >= 15 is 0 Å². The molecule has 0 saturated heterocycles. The molecule has 0 spiro atoms. The number of imidazole rings is 1. The van der Waals surface area contributed by atoms with E-state index in [1.807, 2.05) is 36.1 Å². The Labute approximate surface area is 191 Å². The molecule has 168 valence electrons. The molecule has 10 heteroatoms. The molecule has 3 heterocycles. The van der Waals surface area contributed by atoms with Crippen LogP contribution in [0.25, 0.3) is 16.6 Å². The minimum atomic E-state index is -0.284. The largest absolute Gasteiger partial charge is 0.496 e. The summed E-state index contributed by atoms with van der Waals surface area (Å²) in [7, 11) is 3.58. The molecule has 0 radical (unpaired) electrons. The highest BCUT2D eigenvalue weighted by Gasteiger charge is 2.23. The van der Waals surface area contributed by atoms with Crippen LogP contribution in [0, 0.1) is 0 Å². The molecule has 1 aliphatic carbocycles. The quantitative estimate of drug-likeness (QED) is 0.478. The number of carbonyl (C=O) groups is 1. The van der Waals surface area contributed by atoms with Crippen LogP contribution in [0.2, 0.25) is 0 Å². The average Bonchev–Trinajstić information content (AvgIpc) is 3.42. The van der Waals surface area contributed by atoms with Crippen LogP contribution >= 0.6 is 12.4 Å². The number of hydrogen-bond acceptors (Lipinski definition) is 6. The van der Waals surface area contributed by atoms with Gasteiger partial charge >= 0.3 is 0 Å². The van der Waals surface area contributed by atoms with Crippen molar-refractivity contribution in [1.82, 2.24) is 29.7 Å². The molecule has 9 nitrogen and oxygen atoms in total. The minimum Gasteiger partial charge on any atom is -0.496 e. The molecule has 32 heavy (non-hydrogen) atoms. The summed E-state index contributed by atoms with van der Waals surface area (Å²) in [6.45, 7) is 0. The third kappa shape index (κ3) is 4.01. The number of ether oxygens (including phenoxy) is 1. The van der Waals surface area contributed by atoms with Crippen molar-refractivity contribution in [2.45, 2.75) is 37.8 Å². The Kier molecular flexibility index (Phi) is 6.29. The lowest BCUT2D eigenvalue weighted by atomic mass is 9.91. The summed E-state index contributed by atoms with van der Waals surface area (Å²) >= 11 is 0. The van der Waals surface area contributed by atoms with Gasteiger partial charge in [0.05, 0.1) is 30.4 Å². The molecule has 0 atom stereocenters. The molecular weight excluding hydrogens is 430 g/mol. The molecule has 1 fully saturated rings. The number of nitrogens with one attached hydrogen (secondary N) is 2. The predicted octanol–water partition coefficient (Wildman–Crippen LogP) is 3.46. The van der Waals surface area contributed by atoms with Gasteiger partial charge < -0.3 is 15.4 Å². The smallest absolute Gasteiger partial charge is 0.260 e. The van der Waals surface area contributed by atoms with Crippen LogP contribution < -0.4 is 15.4 Å². The lowest BCUT2D eigenvalue weighted by molar-refractivity contribution is 0.102. The van der Waals surface area contributed by atoms with Crippen molar-refractivity contribution in [1.29, 1.82) is 0 Å². The van der Waals surface area contributed by atoms with Gasteiger partial charge in [-0.1, -0.05) is 0 Å². The van der Waals surface area contributed by atoms with Crippen LogP contribution in [0.1, 0.15) is 42.1 Å². The summed E-state index contributed by atoms with van der Waals surface area (Å²) in [5.41, 5.74) is 1.93. The second-order valence-corrected chi connectivity index (χ2v) is 7.91. The normalized spacial score (nSPS) is 18.4. The second kappa shape index (κ2) is 9.13. The van der Waals surface area contributed by atoms with Crippen LogP contribution in [-0.2, 0) is 0 Å². The summed E-state index contributed by atoms with van der Waals surface area (Å²) in [6, 6.07) is 8.26. The lowest BCUT2D eigenvalue weighted by Gasteiger charge is -2.28. The van der Waals surface area contributed by atoms with Crippen molar-refractivity contribution in [3.63, 3.8) is 0 Å². The molecule has 4 aromatic rings. The Bertz CT molecular complexity index is 1240. The molecule has 5 rings (SSSR count). The van der Waals surface area contributed by atoms with Crippen LogP contribution in [-0.4, -0.2) is 50.5 Å². The van der Waals surface area contributed by atoms with Crippen molar-refractivity contribution in [3.05, 3.63) is 48.4 Å². The first kappa shape index (κ1) is 22.0. The summed E-state index contributed by atoms with van der Waals surface area (Å²) in [5.74, 6) is 0.698. The molecule has 1 saturated carbocycles. The van der Waals surface area contributed by atoms with Crippen LogP contribution in [0.15, 0.2) is 42.9 Å². The molecule has 3 aromatic heterocycles. The van der Waals surface area contributed by atoms with E-state index in [0.717, 1.165) is 36.6 Å². The number of aromatic nitrogens is 5. The fraction of sp³-hybridized carbons (Fsp3) is 0.364. The topological polar surface area (TPSA) is 98.4 Å². The number of anilines is 1. The van der Waals surface area contributed by atoms with Gasteiger partial charge in [-0.3, -0.25) is 9.48 Å². The number of nitrogens with zero attached hydrogens (tertiary/aromatic N) is 5. The fourth-order valence-electron chi connectivity index (χ4n) is 4.33. The summed E-state index contributed by atoms with van der Waals surface area (Å²) in [4.78, 5) is 17.3. The number of rotatable bonds is 5. The third-order valence-electron chi connectivity index (χ3n) is 6.09. The summed E-state index contributed by atoms with van der Waals surface area (Å²) in [6.07, 6.45) is 9.73. The highest BCUT2D eigenvalue weighted by molar-refractivity contribution is 6.08. The highest BCUT2D eigenvalue weighted by atomic mass is 35.5.